The summed E-state index contributed by atoms with van der Waals surface area (Å²) in [7, 11) is 0. The van der Waals surface area contributed by atoms with E-state index >= 15 is 0 Å². The van der Waals surface area contributed by atoms with E-state index in [-0.39, 0.29) is 0 Å². The average molecular weight is 343 g/mol. The Hall–Kier alpha value is -1.41. The molecule has 1 aromatic heterocycles. The maximum Gasteiger partial charge on any atom is 0.213 e. The molecule has 0 aliphatic carbocycles. The average Bonchev–Trinajstić information content (AvgIpc) is 2.54. The van der Waals surface area contributed by atoms with E-state index in [2.05, 4.69) is 75.2 Å². The molecule has 0 aliphatic heterocycles. The Bertz CT molecular complexity index is 736. The van der Waals surface area contributed by atoms with Gasteiger partial charge in [-0.2, -0.15) is 4.57 Å². The van der Waals surface area contributed by atoms with Crippen LogP contribution in [0.5, 0.6) is 0 Å². The Morgan fingerprint density at radius 1 is 0.762 bits per heavy atom. The van der Waals surface area contributed by atoms with Crippen molar-refractivity contribution in [1.82, 2.24) is 0 Å². The summed E-state index contributed by atoms with van der Waals surface area (Å²) >= 11 is 3.50. The molecule has 0 aliphatic rings. The van der Waals surface area contributed by atoms with Crippen molar-refractivity contribution in [2.75, 3.05) is 5.33 Å². The normalized spacial score (nSPS) is 11.3. The molecule has 0 N–H and O–H groups in total. The summed E-state index contributed by atoms with van der Waals surface area (Å²) in [6.07, 6.45) is 7.46. The van der Waals surface area contributed by atoms with Crippen molar-refractivity contribution < 1.29 is 4.57 Å². The Morgan fingerprint density at radius 2 is 1.48 bits per heavy atom. The number of para-hydroxylation sites is 1. The molecule has 0 spiro atoms. The zero-order valence-electron chi connectivity index (χ0n) is 12.3. The molecule has 0 unspecified atom stereocenters. The van der Waals surface area contributed by atoms with Gasteiger partial charge in [-0.05, 0) is 25.0 Å². The molecule has 0 amide bonds. The maximum absolute atomic E-state index is 3.50. The summed E-state index contributed by atoms with van der Waals surface area (Å²) in [5.74, 6) is 0. The molecule has 0 atom stereocenters. The molecule has 21 heavy (non-hydrogen) atoms. The minimum atomic E-state index is 1.10. The summed E-state index contributed by atoms with van der Waals surface area (Å²) in [5, 5.41) is 5.16. The van der Waals surface area contributed by atoms with Crippen LogP contribution in [0.25, 0.3) is 21.7 Å². The highest BCUT2D eigenvalue weighted by molar-refractivity contribution is 9.09. The standard InChI is InChI=1S/C19H21BrN/c20-13-7-1-2-8-14-21-15-16-9-3-4-10-17(16)18-11-5-6-12-19(18)21/h3-6,9-12,15H,1-2,7-8,13-14H2/q+1. The number of hydrogen-bond donors (Lipinski definition) is 0. The van der Waals surface area contributed by atoms with E-state index in [9.17, 15) is 0 Å². The van der Waals surface area contributed by atoms with Gasteiger partial charge in [0.1, 0.15) is 6.54 Å². The number of pyridine rings is 1. The monoisotopic (exact) mass is 342 g/mol. The highest BCUT2D eigenvalue weighted by atomic mass is 79.9. The van der Waals surface area contributed by atoms with Crippen molar-refractivity contribution in [2.24, 2.45) is 0 Å². The quantitative estimate of drug-likeness (QED) is 0.250. The van der Waals surface area contributed by atoms with Gasteiger partial charge in [-0.1, -0.05) is 52.7 Å². The van der Waals surface area contributed by atoms with Gasteiger partial charge in [-0.3, -0.25) is 0 Å². The van der Waals surface area contributed by atoms with E-state index in [1.165, 1.54) is 47.4 Å². The van der Waals surface area contributed by atoms with Crippen LogP contribution in [0, 0.1) is 0 Å². The topological polar surface area (TPSA) is 3.88 Å². The van der Waals surface area contributed by atoms with E-state index in [1.807, 2.05) is 0 Å². The number of hydrogen-bond acceptors (Lipinski definition) is 0. The number of alkyl halides is 1. The number of nitrogens with zero attached hydrogens (tertiary/aromatic N) is 1. The van der Waals surface area contributed by atoms with Crippen molar-refractivity contribution in [2.45, 2.75) is 32.2 Å². The fraction of sp³-hybridized carbons (Fsp3) is 0.316. The molecule has 0 saturated carbocycles. The van der Waals surface area contributed by atoms with E-state index in [4.69, 9.17) is 0 Å². The predicted molar refractivity (Wildman–Crippen MR) is 93.9 cm³/mol. The van der Waals surface area contributed by atoms with Crippen molar-refractivity contribution in [1.29, 1.82) is 0 Å². The largest absolute Gasteiger partial charge is 0.213 e. The second-order valence-electron chi connectivity index (χ2n) is 5.53. The minimum absolute atomic E-state index is 1.10. The SMILES string of the molecule is BrCCCCCC[n+]1cc2ccccc2c2ccccc21. The van der Waals surface area contributed by atoms with Gasteiger partial charge in [-0.15, -0.1) is 0 Å². The first kappa shape index (κ1) is 14.5. The first-order chi connectivity index (χ1) is 10.4. The lowest BCUT2D eigenvalue weighted by atomic mass is 10.1. The molecule has 3 aromatic rings. The Labute approximate surface area is 134 Å². The second kappa shape index (κ2) is 7.04. The summed E-state index contributed by atoms with van der Waals surface area (Å²) in [6.45, 7) is 1.10. The molecule has 2 heteroatoms. The van der Waals surface area contributed by atoms with Gasteiger partial charge in [0.2, 0.25) is 5.52 Å². The van der Waals surface area contributed by atoms with Crippen LogP contribution in [0.15, 0.2) is 54.7 Å². The van der Waals surface area contributed by atoms with Crippen LogP contribution in [0.2, 0.25) is 0 Å². The van der Waals surface area contributed by atoms with Crippen molar-refractivity contribution >= 4 is 37.6 Å². The van der Waals surface area contributed by atoms with Crippen LogP contribution in [-0.4, -0.2) is 5.33 Å². The lowest BCUT2D eigenvalue weighted by molar-refractivity contribution is -0.670. The van der Waals surface area contributed by atoms with Gasteiger partial charge in [0, 0.05) is 28.6 Å². The summed E-state index contributed by atoms with van der Waals surface area (Å²) in [6, 6.07) is 17.4. The summed E-state index contributed by atoms with van der Waals surface area (Å²) < 4.78 is 2.42. The number of benzene rings is 2. The van der Waals surface area contributed by atoms with E-state index in [0.29, 0.717) is 0 Å². The molecule has 1 nitrogen and oxygen atoms in total. The lowest BCUT2D eigenvalue weighted by Gasteiger charge is -2.05. The third-order valence-corrected chi connectivity index (χ3v) is 4.60. The Kier molecular flexibility index (Phi) is 4.87. The zero-order chi connectivity index (χ0) is 14.5. The second-order valence-corrected chi connectivity index (χ2v) is 6.32. The van der Waals surface area contributed by atoms with Crippen molar-refractivity contribution in [3.05, 3.63) is 54.7 Å². The number of fused-ring (bicyclic) bond motifs is 3. The first-order valence-corrected chi connectivity index (χ1v) is 8.88. The number of halogens is 1. The van der Waals surface area contributed by atoms with Gasteiger partial charge in [-0.25, -0.2) is 0 Å². The fourth-order valence-electron chi connectivity index (χ4n) is 2.96. The molecule has 1 heterocycles. The number of rotatable bonds is 6. The zero-order valence-corrected chi connectivity index (χ0v) is 13.8. The molecular weight excluding hydrogens is 322 g/mol. The van der Waals surface area contributed by atoms with E-state index in [1.54, 1.807) is 0 Å². The third-order valence-electron chi connectivity index (χ3n) is 4.04. The van der Waals surface area contributed by atoms with Crippen LogP contribution in [0.4, 0.5) is 0 Å². The highest BCUT2D eigenvalue weighted by Crippen LogP contribution is 2.22. The van der Waals surface area contributed by atoms with Gasteiger partial charge in [0.25, 0.3) is 0 Å². The van der Waals surface area contributed by atoms with Crippen LogP contribution < -0.4 is 4.57 Å². The molecule has 0 bridgehead atoms. The van der Waals surface area contributed by atoms with Crippen molar-refractivity contribution in [3.63, 3.8) is 0 Å². The molecule has 3 rings (SSSR count). The smallest absolute Gasteiger partial charge is 0.198 e. The Morgan fingerprint density at radius 3 is 2.33 bits per heavy atom. The Balaban J connectivity index is 1.92. The van der Waals surface area contributed by atoms with E-state index < -0.39 is 0 Å². The predicted octanol–water partition coefficient (Wildman–Crippen LogP) is 5.24. The molecule has 0 saturated heterocycles. The van der Waals surface area contributed by atoms with Crippen LogP contribution in [0.1, 0.15) is 25.7 Å². The molecule has 0 radical (unpaired) electrons. The molecule has 108 valence electrons. The number of aryl methyl sites for hydroxylation is 1. The van der Waals surface area contributed by atoms with Crippen LogP contribution in [0.3, 0.4) is 0 Å². The van der Waals surface area contributed by atoms with Crippen LogP contribution in [-0.2, 0) is 6.54 Å². The fourth-order valence-corrected chi connectivity index (χ4v) is 3.36. The highest BCUT2D eigenvalue weighted by Gasteiger charge is 2.11. The number of aromatic nitrogens is 1. The first-order valence-electron chi connectivity index (χ1n) is 7.76. The van der Waals surface area contributed by atoms with E-state index in [0.717, 1.165) is 11.9 Å². The molecule has 2 aromatic carbocycles. The summed E-state index contributed by atoms with van der Waals surface area (Å²) in [4.78, 5) is 0. The van der Waals surface area contributed by atoms with Gasteiger partial charge < -0.3 is 0 Å². The summed E-state index contributed by atoms with van der Waals surface area (Å²) in [5.41, 5.74) is 1.34. The third kappa shape index (κ3) is 3.26. The number of unbranched alkanes of at least 4 members (excludes halogenated alkanes) is 3. The maximum atomic E-state index is 3.50. The van der Waals surface area contributed by atoms with Gasteiger partial charge in [0.15, 0.2) is 6.20 Å². The van der Waals surface area contributed by atoms with Gasteiger partial charge in [0.05, 0.1) is 5.39 Å². The van der Waals surface area contributed by atoms with Gasteiger partial charge >= 0.3 is 0 Å². The van der Waals surface area contributed by atoms with Crippen molar-refractivity contribution in [3.8, 4) is 0 Å². The molecular formula is C19H21BrN+. The minimum Gasteiger partial charge on any atom is -0.198 e. The van der Waals surface area contributed by atoms with Crippen LogP contribution >= 0.6 is 15.9 Å². The molecule has 0 fully saturated rings. The lowest BCUT2D eigenvalue weighted by Crippen LogP contribution is -2.34.